The van der Waals surface area contributed by atoms with E-state index in [0.29, 0.717) is 25.9 Å². The van der Waals surface area contributed by atoms with Gasteiger partial charge in [-0.1, -0.05) is 345 Å². The Bertz CT molecular complexity index is 1370. The summed E-state index contributed by atoms with van der Waals surface area (Å²) in [4.78, 5) is 24.6. The first-order chi connectivity index (χ1) is 40.5. The standard InChI is InChI=1S/C76H143NO5/c1-3-5-7-9-11-13-15-17-18-19-40-43-46-50-54-58-62-66-70-76(81)82-71-67-63-59-55-51-47-44-41-38-36-34-32-30-28-26-24-22-20-21-23-25-27-29-31-33-35-37-39-42-45-49-53-57-61-65-69-75(80)77-73(72-78)74(79)68-64-60-56-52-48-16-14-12-10-8-6-4-2/h13,15,18-19,22,24,28,30,73-74,78-79H,3-12,14,16-17,20-21,23,25-27,29,31-72H2,1-2H3,(H,77,80)/b15-13-,19-18-,24-22-,30-28-. The van der Waals surface area contributed by atoms with Crippen molar-refractivity contribution >= 4 is 11.9 Å². The van der Waals surface area contributed by atoms with Gasteiger partial charge in [-0.25, -0.2) is 0 Å². The molecule has 6 nitrogen and oxygen atoms in total. The minimum absolute atomic E-state index is 0.00961. The number of aliphatic hydroxyl groups excluding tert-OH is 2. The number of esters is 1. The Morgan fingerprint density at radius 1 is 0.341 bits per heavy atom. The number of hydrogen-bond acceptors (Lipinski definition) is 5. The number of amides is 1. The predicted octanol–water partition coefficient (Wildman–Crippen LogP) is 24.0. The van der Waals surface area contributed by atoms with Crippen molar-refractivity contribution in [3.05, 3.63) is 48.6 Å². The normalized spacial score (nSPS) is 12.8. The third kappa shape index (κ3) is 67.0. The van der Waals surface area contributed by atoms with Gasteiger partial charge in [0, 0.05) is 12.8 Å². The van der Waals surface area contributed by atoms with Crippen molar-refractivity contribution < 1.29 is 24.5 Å². The van der Waals surface area contributed by atoms with Gasteiger partial charge in [-0.2, -0.15) is 0 Å². The van der Waals surface area contributed by atoms with Crippen molar-refractivity contribution in [2.45, 2.75) is 411 Å². The summed E-state index contributed by atoms with van der Waals surface area (Å²) in [6.45, 7) is 4.95. The van der Waals surface area contributed by atoms with Crippen LogP contribution >= 0.6 is 0 Å². The molecule has 0 aromatic carbocycles. The minimum Gasteiger partial charge on any atom is -0.466 e. The summed E-state index contributed by atoms with van der Waals surface area (Å²) in [5.41, 5.74) is 0. The van der Waals surface area contributed by atoms with Gasteiger partial charge in [-0.15, -0.1) is 0 Å². The van der Waals surface area contributed by atoms with E-state index in [1.165, 1.54) is 308 Å². The molecular formula is C76H143NO5. The third-order valence-corrected chi connectivity index (χ3v) is 17.1. The number of rotatable bonds is 69. The number of nitrogens with one attached hydrogen (secondary N) is 1. The van der Waals surface area contributed by atoms with Crippen LogP contribution in [-0.4, -0.2) is 47.4 Å². The molecular weight excluding hydrogens is 1010 g/mol. The second-order valence-corrected chi connectivity index (χ2v) is 25.3. The summed E-state index contributed by atoms with van der Waals surface area (Å²) in [7, 11) is 0. The van der Waals surface area contributed by atoms with Crippen molar-refractivity contribution in [2.24, 2.45) is 0 Å². The lowest BCUT2D eigenvalue weighted by Crippen LogP contribution is -2.45. The van der Waals surface area contributed by atoms with Crippen LogP contribution in [0.3, 0.4) is 0 Å². The second kappa shape index (κ2) is 71.3. The Morgan fingerprint density at radius 3 is 0.939 bits per heavy atom. The molecule has 6 heteroatoms. The monoisotopic (exact) mass is 1150 g/mol. The Labute approximate surface area is 512 Å². The van der Waals surface area contributed by atoms with E-state index in [2.05, 4.69) is 67.8 Å². The number of ether oxygens (including phenoxy) is 1. The number of aliphatic hydroxyl groups is 2. The lowest BCUT2D eigenvalue weighted by Gasteiger charge is -2.22. The number of allylic oxidation sites excluding steroid dienone is 8. The summed E-state index contributed by atoms with van der Waals surface area (Å²) in [6, 6.07) is -0.539. The lowest BCUT2D eigenvalue weighted by atomic mass is 10.0. The van der Waals surface area contributed by atoms with Crippen molar-refractivity contribution in [1.29, 1.82) is 0 Å². The highest BCUT2D eigenvalue weighted by molar-refractivity contribution is 5.76. The summed E-state index contributed by atoms with van der Waals surface area (Å²) < 4.78 is 5.50. The largest absolute Gasteiger partial charge is 0.466 e. The Morgan fingerprint density at radius 2 is 0.610 bits per heavy atom. The van der Waals surface area contributed by atoms with E-state index in [1.54, 1.807) is 0 Å². The molecule has 2 unspecified atom stereocenters. The topological polar surface area (TPSA) is 95.9 Å². The fourth-order valence-corrected chi connectivity index (χ4v) is 11.5. The molecule has 0 saturated heterocycles. The summed E-state index contributed by atoms with van der Waals surface area (Å²) >= 11 is 0. The average molecular weight is 1150 g/mol. The molecule has 0 aliphatic rings. The maximum Gasteiger partial charge on any atom is 0.305 e. The smallest absolute Gasteiger partial charge is 0.305 e. The van der Waals surface area contributed by atoms with Crippen LogP contribution in [0.15, 0.2) is 48.6 Å². The molecule has 0 bridgehead atoms. The average Bonchev–Trinajstić information content (AvgIpc) is 3.48. The summed E-state index contributed by atoms with van der Waals surface area (Å²) in [5.74, 6) is -0.0220. The maximum absolute atomic E-state index is 12.5. The van der Waals surface area contributed by atoms with Gasteiger partial charge in [0.05, 0.1) is 25.4 Å². The molecule has 0 spiro atoms. The fourth-order valence-electron chi connectivity index (χ4n) is 11.5. The van der Waals surface area contributed by atoms with Crippen molar-refractivity contribution in [3.63, 3.8) is 0 Å². The fraction of sp³-hybridized carbons (Fsp3) is 0.868. The lowest BCUT2D eigenvalue weighted by molar-refractivity contribution is -0.143. The number of carbonyl (C=O) groups is 2. The zero-order valence-electron chi connectivity index (χ0n) is 55.2. The number of carbonyl (C=O) groups excluding carboxylic acids is 2. The molecule has 0 rings (SSSR count). The van der Waals surface area contributed by atoms with Crippen LogP contribution in [0, 0.1) is 0 Å². The van der Waals surface area contributed by atoms with Crippen LogP contribution in [-0.2, 0) is 14.3 Å². The first-order valence-electron chi connectivity index (χ1n) is 36.9. The van der Waals surface area contributed by atoms with Crippen LogP contribution in [0.4, 0.5) is 0 Å². The van der Waals surface area contributed by atoms with Crippen LogP contribution in [0.1, 0.15) is 399 Å². The summed E-state index contributed by atoms with van der Waals surface area (Å²) in [6.07, 6.45) is 93.3. The molecule has 0 aromatic heterocycles. The van der Waals surface area contributed by atoms with E-state index in [1.807, 2.05) is 0 Å². The Kier molecular flexibility index (Phi) is 69.4. The Hall–Kier alpha value is -2.18. The van der Waals surface area contributed by atoms with Gasteiger partial charge in [0.2, 0.25) is 5.91 Å². The van der Waals surface area contributed by atoms with E-state index >= 15 is 0 Å². The molecule has 0 radical (unpaired) electrons. The molecule has 0 heterocycles. The molecule has 0 saturated carbocycles. The van der Waals surface area contributed by atoms with Crippen LogP contribution in [0.5, 0.6) is 0 Å². The first-order valence-corrected chi connectivity index (χ1v) is 36.9. The van der Waals surface area contributed by atoms with Gasteiger partial charge in [-0.05, 0) is 89.9 Å². The minimum atomic E-state index is -0.662. The highest BCUT2D eigenvalue weighted by Crippen LogP contribution is 2.19. The molecule has 82 heavy (non-hydrogen) atoms. The predicted molar refractivity (Wildman–Crippen MR) is 361 cm³/mol. The van der Waals surface area contributed by atoms with Gasteiger partial charge in [0.25, 0.3) is 0 Å². The van der Waals surface area contributed by atoms with E-state index in [9.17, 15) is 19.8 Å². The van der Waals surface area contributed by atoms with E-state index in [4.69, 9.17) is 4.74 Å². The van der Waals surface area contributed by atoms with Gasteiger partial charge >= 0.3 is 5.97 Å². The SMILES string of the molecule is CCCCCC/C=C\C/C=C\CCCCCCCCCC(=O)OCCCCCCCCCCCCC/C=C\C/C=C\CCCCCCCCCCCCCCCCCCCC(=O)NC(CO)C(O)CCCCCCCCCCCCCC. The summed E-state index contributed by atoms with van der Waals surface area (Å²) in [5, 5.41) is 23.3. The molecule has 3 N–H and O–H groups in total. The molecule has 2 atom stereocenters. The zero-order valence-corrected chi connectivity index (χ0v) is 55.2. The molecule has 482 valence electrons. The second-order valence-electron chi connectivity index (χ2n) is 25.3. The van der Waals surface area contributed by atoms with Crippen LogP contribution in [0.25, 0.3) is 0 Å². The van der Waals surface area contributed by atoms with Crippen molar-refractivity contribution in [3.8, 4) is 0 Å². The first kappa shape index (κ1) is 79.8. The van der Waals surface area contributed by atoms with Crippen molar-refractivity contribution in [2.75, 3.05) is 13.2 Å². The molecule has 0 aliphatic carbocycles. The molecule has 0 fully saturated rings. The number of unbranched alkanes of at least 4 members (excludes halogenated alkanes) is 50. The van der Waals surface area contributed by atoms with Gasteiger partial charge in [0.1, 0.15) is 0 Å². The van der Waals surface area contributed by atoms with Crippen LogP contribution in [0.2, 0.25) is 0 Å². The highest BCUT2D eigenvalue weighted by Gasteiger charge is 2.20. The van der Waals surface area contributed by atoms with E-state index in [0.717, 1.165) is 57.8 Å². The molecule has 0 aromatic rings. The van der Waals surface area contributed by atoms with Gasteiger partial charge in [0.15, 0.2) is 0 Å². The van der Waals surface area contributed by atoms with E-state index < -0.39 is 12.1 Å². The highest BCUT2D eigenvalue weighted by atomic mass is 16.5. The molecule has 1 amide bonds. The maximum atomic E-state index is 12.5. The zero-order chi connectivity index (χ0) is 59.2. The number of hydrogen-bond donors (Lipinski definition) is 3. The quantitative estimate of drug-likeness (QED) is 0.0320. The third-order valence-electron chi connectivity index (χ3n) is 17.1. The van der Waals surface area contributed by atoms with Gasteiger partial charge in [-0.3, -0.25) is 9.59 Å². The molecule has 0 aliphatic heterocycles. The van der Waals surface area contributed by atoms with E-state index in [-0.39, 0.29) is 18.5 Å². The van der Waals surface area contributed by atoms with Gasteiger partial charge < -0.3 is 20.3 Å². The Balaban J connectivity index is 3.35. The van der Waals surface area contributed by atoms with Crippen molar-refractivity contribution in [1.82, 2.24) is 5.32 Å². The van der Waals surface area contributed by atoms with Crippen LogP contribution < -0.4 is 5.32 Å².